The second-order valence-corrected chi connectivity index (χ2v) is 6.55. The Hall–Kier alpha value is -2.66. The molecular formula is C21H25N2O3+. The summed E-state index contributed by atoms with van der Waals surface area (Å²) >= 11 is 0. The molecule has 26 heavy (non-hydrogen) atoms. The molecule has 0 bridgehead atoms. The van der Waals surface area contributed by atoms with Gasteiger partial charge in [-0.05, 0) is 29.7 Å². The van der Waals surface area contributed by atoms with Gasteiger partial charge in [0.2, 0.25) is 5.91 Å². The lowest BCUT2D eigenvalue weighted by Crippen LogP contribution is -2.92. The molecule has 0 radical (unpaired) electrons. The highest BCUT2D eigenvalue weighted by atomic mass is 16.5. The number of ether oxygens (including phenoxy) is 1. The van der Waals surface area contributed by atoms with Gasteiger partial charge in [-0.15, -0.1) is 0 Å². The Bertz CT molecular complexity index is 744. The van der Waals surface area contributed by atoms with Gasteiger partial charge in [0.15, 0.2) is 6.04 Å². The van der Waals surface area contributed by atoms with E-state index in [2.05, 4.69) is 0 Å². The number of hydrogen-bond acceptors (Lipinski definition) is 3. The summed E-state index contributed by atoms with van der Waals surface area (Å²) in [7, 11) is 1.65. The van der Waals surface area contributed by atoms with E-state index < -0.39 is 0 Å². The number of benzene rings is 2. The van der Waals surface area contributed by atoms with Gasteiger partial charge in [0.1, 0.15) is 5.75 Å². The fourth-order valence-corrected chi connectivity index (χ4v) is 3.26. The van der Waals surface area contributed by atoms with Gasteiger partial charge >= 0.3 is 0 Å². The van der Waals surface area contributed by atoms with Crippen molar-refractivity contribution in [3.63, 3.8) is 0 Å². The Balaban J connectivity index is 1.47. The van der Waals surface area contributed by atoms with Crippen LogP contribution in [0.4, 0.5) is 0 Å². The van der Waals surface area contributed by atoms with Gasteiger partial charge in [0.05, 0.1) is 20.1 Å². The van der Waals surface area contributed by atoms with Crippen LogP contribution >= 0.6 is 0 Å². The molecule has 0 aromatic heterocycles. The molecule has 1 heterocycles. The summed E-state index contributed by atoms with van der Waals surface area (Å²) in [5, 5.41) is 1.99. The Labute approximate surface area is 154 Å². The first-order valence-corrected chi connectivity index (χ1v) is 9.02. The average Bonchev–Trinajstić information content (AvgIpc) is 2.94. The predicted octanol–water partition coefficient (Wildman–Crippen LogP) is 1.17. The highest BCUT2D eigenvalue weighted by Crippen LogP contribution is 2.13. The number of carbonyl (C=O) groups excluding carboxylic acids is 2. The second-order valence-electron chi connectivity index (χ2n) is 6.55. The summed E-state index contributed by atoms with van der Waals surface area (Å²) in [4.78, 5) is 26.1. The number of hydrogen-bond donors (Lipinski definition) is 1. The molecule has 1 aliphatic rings. The van der Waals surface area contributed by atoms with Crippen LogP contribution in [0.25, 0.3) is 0 Å². The van der Waals surface area contributed by atoms with Crippen molar-refractivity contribution in [3.05, 3.63) is 65.7 Å². The maximum absolute atomic E-state index is 12.5. The lowest BCUT2D eigenvalue weighted by atomic mass is 10.1. The standard InChI is InChI=1S/C21H24N2O3/c1-26-18-9-7-17(8-10-18)11-13-22-19-15-20(24)23(21(19)25)14-12-16-5-3-2-4-6-16/h2-10,19,22H,11-15H2,1H3/p+1. The van der Waals surface area contributed by atoms with E-state index in [9.17, 15) is 9.59 Å². The van der Waals surface area contributed by atoms with Crippen molar-refractivity contribution >= 4 is 11.8 Å². The van der Waals surface area contributed by atoms with Crippen LogP contribution in [0.15, 0.2) is 54.6 Å². The summed E-state index contributed by atoms with van der Waals surface area (Å²) < 4.78 is 5.15. The predicted molar refractivity (Wildman–Crippen MR) is 98.8 cm³/mol. The largest absolute Gasteiger partial charge is 0.497 e. The van der Waals surface area contributed by atoms with E-state index in [0.29, 0.717) is 19.4 Å². The van der Waals surface area contributed by atoms with Gasteiger partial charge in [-0.2, -0.15) is 0 Å². The van der Waals surface area contributed by atoms with Gasteiger partial charge in [0.25, 0.3) is 5.91 Å². The number of nitrogens with two attached hydrogens (primary N) is 1. The average molecular weight is 353 g/mol. The summed E-state index contributed by atoms with van der Waals surface area (Å²) in [6, 6.07) is 17.6. The van der Waals surface area contributed by atoms with Crippen LogP contribution in [-0.4, -0.2) is 43.0 Å². The smallest absolute Gasteiger partial charge is 0.287 e. The van der Waals surface area contributed by atoms with Crippen molar-refractivity contribution in [1.29, 1.82) is 0 Å². The zero-order valence-electron chi connectivity index (χ0n) is 15.1. The van der Waals surface area contributed by atoms with Crippen LogP contribution in [0.2, 0.25) is 0 Å². The molecule has 1 aliphatic heterocycles. The molecular weight excluding hydrogens is 328 g/mol. The molecule has 3 rings (SSSR count). The summed E-state index contributed by atoms with van der Waals surface area (Å²) in [5.41, 5.74) is 2.33. The van der Waals surface area contributed by atoms with Crippen LogP contribution in [-0.2, 0) is 22.4 Å². The van der Waals surface area contributed by atoms with Crippen LogP contribution in [0.5, 0.6) is 5.75 Å². The maximum atomic E-state index is 12.5. The van der Waals surface area contributed by atoms with Crippen LogP contribution < -0.4 is 10.1 Å². The molecule has 1 atom stereocenters. The zero-order valence-corrected chi connectivity index (χ0v) is 15.1. The van der Waals surface area contributed by atoms with Gasteiger partial charge in [-0.1, -0.05) is 42.5 Å². The minimum absolute atomic E-state index is 0.0549. The van der Waals surface area contributed by atoms with E-state index in [0.717, 1.165) is 24.3 Å². The van der Waals surface area contributed by atoms with Gasteiger partial charge in [0, 0.05) is 13.0 Å². The van der Waals surface area contributed by atoms with Gasteiger partial charge < -0.3 is 10.1 Å². The molecule has 1 saturated heterocycles. The molecule has 2 amide bonds. The lowest BCUT2D eigenvalue weighted by Gasteiger charge is -2.14. The van der Waals surface area contributed by atoms with E-state index in [1.54, 1.807) is 7.11 Å². The molecule has 0 saturated carbocycles. The van der Waals surface area contributed by atoms with Crippen molar-refractivity contribution < 1.29 is 19.6 Å². The van der Waals surface area contributed by atoms with Crippen molar-refractivity contribution in [2.45, 2.75) is 25.3 Å². The van der Waals surface area contributed by atoms with Crippen LogP contribution in [0.1, 0.15) is 17.5 Å². The monoisotopic (exact) mass is 353 g/mol. The highest BCUT2D eigenvalue weighted by Gasteiger charge is 2.40. The number of quaternary nitrogens is 1. The second kappa shape index (κ2) is 8.63. The zero-order chi connectivity index (χ0) is 18.4. The number of nitrogens with zero attached hydrogens (tertiary/aromatic N) is 1. The third-order valence-corrected chi connectivity index (χ3v) is 4.79. The Morgan fingerprint density at radius 2 is 1.69 bits per heavy atom. The van der Waals surface area contributed by atoms with E-state index in [-0.39, 0.29) is 17.9 Å². The molecule has 136 valence electrons. The summed E-state index contributed by atoms with van der Waals surface area (Å²) in [6.45, 7) is 1.24. The van der Waals surface area contributed by atoms with E-state index in [1.807, 2.05) is 59.9 Å². The SMILES string of the molecule is COc1ccc(CC[NH2+]C2CC(=O)N(CCc3ccccc3)C2=O)cc1. The number of amides is 2. The normalized spacial score (nSPS) is 17.0. The summed E-state index contributed by atoms with van der Waals surface area (Å²) in [5.74, 6) is 0.723. The number of likely N-dealkylation sites (tertiary alicyclic amines) is 1. The fraction of sp³-hybridized carbons (Fsp3) is 0.333. The van der Waals surface area contributed by atoms with Crippen LogP contribution in [0, 0.1) is 0 Å². The molecule has 2 N–H and O–H groups in total. The van der Waals surface area contributed by atoms with Crippen LogP contribution in [0.3, 0.4) is 0 Å². The third-order valence-electron chi connectivity index (χ3n) is 4.79. The van der Waals surface area contributed by atoms with E-state index in [1.165, 1.54) is 10.5 Å². The molecule has 5 heteroatoms. The molecule has 1 fully saturated rings. The molecule has 2 aromatic rings. The van der Waals surface area contributed by atoms with E-state index >= 15 is 0 Å². The first-order chi connectivity index (χ1) is 12.7. The van der Waals surface area contributed by atoms with Crippen molar-refractivity contribution in [1.82, 2.24) is 4.90 Å². The maximum Gasteiger partial charge on any atom is 0.287 e. The van der Waals surface area contributed by atoms with Gasteiger partial charge in [-0.3, -0.25) is 14.5 Å². The number of carbonyl (C=O) groups is 2. The molecule has 1 unspecified atom stereocenters. The Kier molecular flexibility index (Phi) is 6.02. The third kappa shape index (κ3) is 4.49. The lowest BCUT2D eigenvalue weighted by molar-refractivity contribution is -0.674. The first kappa shape index (κ1) is 18.1. The molecule has 5 nitrogen and oxygen atoms in total. The van der Waals surface area contributed by atoms with Crippen molar-refractivity contribution in [2.75, 3.05) is 20.2 Å². The van der Waals surface area contributed by atoms with E-state index in [4.69, 9.17) is 4.74 Å². The first-order valence-electron chi connectivity index (χ1n) is 9.02. The molecule has 2 aromatic carbocycles. The minimum atomic E-state index is -0.281. The van der Waals surface area contributed by atoms with Crippen molar-refractivity contribution in [2.24, 2.45) is 0 Å². The quantitative estimate of drug-likeness (QED) is 0.725. The number of rotatable bonds is 8. The topological polar surface area (TPSA) is 63.2 Å². The Morgan fingerprint density at radius 3 is 2.38 bits per heavy atom. The van der Waals surface area contributed by atoms with Crippen molar-refractivity contribution in [3.8, 4) is 5.75 Å². The number of methoxy groups -OCH3 is 1. The number of imide groups is 1. The summed E-state index contributed by atoms with van der Waals surface area (Å²) in [6.07, 6.45) is 1.86. The fourth-order valence-electron chi connectivity index (χ4n) is 3.26. The van der Waals surface area contributed by atoms with Gasteiger partial charge in [-0.25, -0.2) is 0 Å². The molecule has 0 spiro atoms. The Morgan fingerprint density at radius 1 is 1.00 bits per heavy atom. The highest BCUT2D eigenvalue weighted by molar-refractivity contribution is 6.04. The molecule has 0 aliphatic carbocycles. The minimum Gasteiger partial charge on any atom is -0.497 e.